The minimum Gasteiger partial charge on any atom is -0.394 e. The van der Waals surface area contributed by atoms with E-state index >= 15 is 0 Å². The Balaban J connectivity index is 1.71. The van der Waals surface area contributed by atoms with Crippen LogP contribution in [0.15, 0.2) is 72.8 Å². The first kappa shape index (κ1) is 16.9. The predicted molar refractivity (Wildman–Crippen MR) is 97.4 cm³/mol. The van der Waals surface area contributed by atoms with E-state index in [4.69, 9.17) is 0 Å². The second-order valence-corrected chi connectivity index (χ2v) is 5.74. The van der Waals surface area contributed by atoms with Gasteiger partial charge >= 0.3 is 0 Å². The molecule has 1 unspecified atom stereocenters. The molecule has 0 aliphatic heterocycles. The van der Waals surface area contributed by atoms with Crippen LogP contribution in [-0.2, 0) is 4.79 Å². The molecule has 1 atom stereocenters. The van der Waals surface area contributed by atoms with Crippen molar-refractivity contribution in [1.29, 1.82) is 0 Å². The fourth-order valence-electron chi connectivity index (χ4n) is 2.62. The van der Waals surface area contributed by atoms with Crippen molar-refractivity contribution in [1.82, 2.24) is 5.32 Å². The zero-order valence-corrected chi connectivity index (χ0v) is 13.5. The molecule has 0 saturated carbocycles. The number of fused-ring (bicyclic) bond motifs is 1. The molecular weight excluding hydrogens is 317 g/mol. The molecule has 3 aromatic rings. The third-order valence-corrected chi connectivity index (χ3v) is 3.97. The van der Waals surface area contributed by atoms with E-state index in [-0.39, 0.29) is 18.3 Å². The molecule has 0 bridgehead atoms. The standard InChI is InChI=1S/C21H18FNO2/c22-19-10-5-15(6-11-19)7-12-21(25)23-20(14-24)18-9-8-16-3-1-2-4-17(16)13-18/h1-13,20,24H,14H2,(H,23,25). The first-order valence-corrected chi connectivity index (χ1v) is 7.99. The lowest BCUT2D eigenvalue weighted by atomic mass is 10.0. The highest BCUT2D eigenvalue weighted by atomic mass is 19.1. The van der Waals surface area contributed by atoms with Gasteiger partial charge in [-0.1, -0.05) is 48.5 Å². The number of nitrogens with one attached hydrogen (secondary N) is 1. The van der Waals surface area contributed by atoms with E-state index < -0.39 is 6.04 Å². The summed E-state index contributed by atoms with van der Waals surface area (Å²) in [5.41, 5.74) is 1.56. The van der Waals surface area contributed by atoms with Crippen molar-refractivity contribution in [2.45, 2.75) is 6.04 Å². The first-order valence-electron chi connectivity index (χ1n) is 7.99. The fraction of sp³-hybridized carbons (Fsp3) is 0.0952. The Morgan fingerprint density at radius 2 is 1.76 bits per heavy atom. The number of aliphatic hydroxyl groups is 1. The topological polar surface area (TPSA) is 49.3 Å². The SMILES string of the molecule is O=C(C=Cc1ccc(F)cc1)NC(CO)c1ccc2ccccc2c1. The van der Waals surface area contributed by atoms with E-state index in [1.807, 2.05) is 42.5 Å². The van der Waals surface area contributed by atoms with Crippen LogP contribution in [0, 0.1) is 5.82 Å². The molecule has 4 heteroatoms. The molecule has 2 N–H and O–H groups in total. The van der Waals surface area contributed by atoms with Gasteiger partial charge in [0.15, 0.2) is 0 Å². The monoisotopic (exact) mass is 335 g/mol. The lowest BCUT2D eigenvalue weighted by molar-refractivity contribution is -0.117. The van der Waals surface area contributed by atoms with Crippen molar-refractivity contribution in [3.63, 3.8) is 0 Å². The molecule has 3 rings (SSSR count). The van der Waals surface area contributed by atoms with Crippen molar-refractivity contribution in [3.05, 3.63) is 89.8 Å². The molecule has 3 aromatic carbocycles. The van der Waals surface area contributed by atoms with E-state index in [1.165, 1.54) is 18.2 Å². The molecule has 0 fully saturated rings. The summed E-state index contributed by atoms with van der Waals surface area (Å²) in [7, 11) is 0. The molecule has 3 nitrogen and oxygen atoms in total. The number of hydrogen-bond acceptors (Lipinski definition) is 2. The number of carbonyl (C=O) groups is 1. The number of benzene rings is 3. The second kappa shape index (κ2) is 7.73. The molecule has 25 heavy (non-hydrogen) atoms. The van der Waals surface area contributed by atoms with Gasteiger partial charge in [-0.2, -0.15) is 0 Å². The molecule has 0 saturated heterocycles. The highest BCUT2D eigenvalue weighted by Crippen LogP contribution is 2.20. The lowest BCUT2D eigenvalue weighted by Crippen LogP contribution is -2.29. The van der Waals surface area contributed by atoms with Crippen LogP contribution in [0.2, 0.25) is 0 Å². The van der Waals surface area contributed by atoms with Crippen LogP contribution < -0.4 is 5.32 Å². The number of amides is 1. The molecule has 0 aliphatic rings. The smallest absolute Gasteiger partial charge is 0.244 e. The van der Waals surface area contributed by atoms with Gasteiger partial charge < -0.3 is 10.4 Å². The predicted octanol–water partition coefficient (Wildman–Crippen LogP) is 3.84. The summed E-state index contributed by atoms with van der Waals surface area (Å²) in [6.07, 6.45) is 2.97. The third kappa shape index (κ3) is 4.31. The maximum atomic E-state index is 12.9. The minimum absolute atomic E-state index is 0.200. The third-order valence-electron chi connectivity index (χ3n) is 3.97. The van der Waals surface area contributed by atoms with Crippen LogP contribution >= 0.6 is 0 Å². The zero-order valence-electron chi connectivity index (χ0n) is 13.5. The number of aliphatic hydroxyl groups excluding tert-OH is 1. The summed E-state index contributed by atoms with van der Waals surface area (Å²) in [6, 6.07) is 19.1. The van der Waals surface area contributed by atoms with Gasteiger partial charge in [-0.25, -0.2) is 4.39 Å². The lowest BCUT2D eigenvalue weighted by Gasteiger charge is -2.16. The molecular formula is C21H18FNO2. The molecule has 0 spiro atoms. The summed E-state index contributed by atoms with van der Waals surface area (Å²) in [5.74, 6) is -0.644. The molecule has 0 heterocycles. The molecule has 0 aromatic heterocycles. The van der Waals surface area contributed by atoms with Gasteiger partial charge in [-0.3, -0.25) is 4.79 Å². The van der Waals surface area contributed by atoms with Crippen LogP contribution in [0.1, 0.15) is 17.2 Å². The second-order valence-electron chi connectivity index (χ2n) is 5.74. The van der Waals surface area contributed by atoms with Crippen molar-refractivity contribution < 1.29 is 14.3 Å². The number of rotatable bonds is 5. The Bertz CT molecular complexity index is 903. The van der Waals surface area contributed by atoms with Crippen molar-refractivity contribution >= 4 is 22.8 Å². The van der Waals surface area contributed by atoms with Crippen molar-refractivity contribution in [2.75, 3.05) is 6.61 Å². The Labute approximate surface area is 145 Å². The van der Waals surface area contributed by atoms with Crippen LogP contribution in [0.3, 0.4) is 0 Å². The Hall–Kier alpha value is -2.98. The summed E-state index contributed by atoms with van der Waals surface area (Å²) in [5, 5.41) is 14.6. The highest BCUT2D eigenvalue weighted by molar-refractivity contribution is 5.92. The fourth-order valence-corrected chi connectivity index (χ4v) is 2.62. The van der Waals surface area contributed by atoms with E-state index in [1.54, 1.807) is 18.2 Å². The van der Waals surface area contributed by atoms with Gasteiger partial charge in [0.25, 0.3) is 0 Å². The molecule has 1 amide bonds. The van der Waals surface area contributed by atoms with E-state index in [9.17, 15) is 14.3 Å². The maximum absolute atomic E-state index is 12.9. The van der Waals surface area contributed by atoms with Gasteiger partial charge in [0.05, 0.1) is 12.6 Å². The Morgan fingerprint density at radius 1 is 1.04 bits per heavy atom. The van der Waals surface area contributed by atoms with Crippen LogP contribution in [0.25, 0.3) is 16.8 Å². The van der Waals surface area contributed by atoms with Crippen LogP contribution in [-0.4, -0.2) is 17.6 Å². The van der Waals surface area contributed by atoms with Crippen molar-refractivity contribution in [2.24, 2.45) is 0 Å². The summed E-state index contributed by atoms with van der Waals surface area (Å²) >= 11 is 0. The maximum Gasteiger partial charge on any atom is 0.244 e. The van der Waals surface area contributed by atoms with Gasteiger partial charge in [-0.05, 0) is 46.2 Å². The number of hydrogen-bond donors (Lipinski definition) is 2. The van der Waals surface area contributed by atoms with Crippen LogP contribution in [0.4, 0.5) is 4.39 Å². The van der Waals surface area contributed by atoms with E-state index in [0.29, 0.717) is 0 Å². The minimum atomic E-state index is -0.491. The normalized spacial score (nSPS) is 12.4. The Kier molecular flexibility index (Phi) is 5.21. The van der Waals surface area contributed by atoms with Gasteiger partial charge in [0.2, 0.25) is 5.91 Å². The highest BCUT2D eigenvalue weighted by Gasteiger charge is 2.12. The summed E-state index contributed by atoms with van der Waals surface area (Å²) in [4.78, 5) is 12.1. The summed E-state index contributed by atoms with van der Waals surface area (Å²) < 4.78 is 12.9. The first-order chi connectivity index (χ1) is 12.2. The summed E-state index contributed by atoms with van der Waals surface area (Å²) in [6.45, 7) is -0.200. The number of carbonyl (C=O) groups excluding carboxylic acids is 1. The van der Waals surface area contributed by atoms with E-state index in [0.717, 1.165) is 21.9 Å². The van der Waals surface area contributed by atoms with Crippen LogP contribution in [0.5, 0.6) is 0 Å². The Morgan fingerprint density at radius 3 is 2.48 bits per heavy atom. The van der Waals surface area contributed by atoms with Gasteiger partial charge in [0, 0.05) is 6.08 Å². The van der Waals surface area contributed by atoms with Gasteiger partial charge in [0.1, 0.15) is 5.82 Å². The number of halogens is 1. The average molecular weight is 335 g/mol. The molecule has 0 radical (unpaired) electrons. The molecule has 126 valence electrons. The zero-order chi connectivity index (χ0) is 17.6. The van der Waals surface area contributed by atoms with Gasteiger partial charge in [-0.15, -0.1) is 0 Å². The average Bonchev–Trinajstić information content (AvgIpc) is 2.65. The largest absolute Gasteiger partial charge is 0.394 e. The van der Waals surface area contributed by atoms with E-state index in [2.05, 4.69) is 5.32 Å². The molecule has 0 aliphatic carbocycles. The quantitative estimate of drug-likeness (QED) is 0.696. The van der Waals surface area contributed by atoms with Crippen molar-refractivity contribution in [3.8, 4) is 0 Å².